The highest BCUT2D eigenvalue weighted by atomic mass is 16.6. The summed E-state index contributed by atoms with van der Waals surface area (Å²) in [6.07, 6.45) is 1.70. The summed E-state index contributed by atoms with van der Waals surface area (Å²) in [6.45, 7) is 6.00. The van der Waals surface area contributed by atoms with Crippen LogP contribution in [0.2, 0.25) is 0 Å². The molecule has 1 unspecified atom stereocenters. The molecule has 1 fully saturated rings. The molecule has 1 aromatic rings. The molecular formula is C14H19N3O4. The lowest BCUT2D eigenvalue weighted by Crippen LogP contribution is -2.54. The third-order valence-electron chi connectivity index (χ3n) is 4.04. The van der Waals surface area contributed by atoms with Crippen LogP contribution in [-0.2, 0) is 4.79 Å². The average Bonchev–Trinajstić information content (AvgIpc) is 2.36. The molecule has 7 nitrogen and oxygen atoms in total. The van der Waals surface area contributed by atoms with Crippen molar-refractivity contribution in [1.82, 2.24) is 4.98 Å². The van der Waals surface area contributed by atoms with E-state index in [-0.39, 0.29) is 11.1 Å². The number of aliphatic carboxylic acids is 1. The number of rotatable bonds is 3. The Morgan fingerprint density at radius 1 is 1.52 bits per heavy atom. The molecular weight excluding hydrogens is 274 g/mol. The van der Waals surface area contributed by atoms with Crippen molar-refractivity contribution >= 4 is 17.5 Å². The van der Waals surface area contributed by atoms with Gasteiger partial charge in [0.25, 0.3) is 5.69 Å². The highest BCUT2D eigenvalue weighted by Gasteiger charge is 2.43. The van der Waals surface area contributed by atoms with Gasteiger partial charge in [-0.15, -0.1) is 0 Å². The normalized spacial score (nSPS) is 21.1. The van der Waals surface area contributed by atoms with Gasteiger partial charge in [-0.2, -0.15) is 0 Å². The van der Waals surface area contributed by atoms with Gasteiger partial charge in [-0.05, 0) is 31.2 Å². The minimum absolute atomic E-state index is 0.0538. The first-order valence-electron chi connectivity index (χ1n) is 6.85. The Labute approximate surface area is 122 Å². The Balaban J connectivity index is 2.41. The molecule has 2 heterocycles. The highest BCUT2D eigenvalue weighted by molar-refractivity contribution is 5.79. The lowest BCUT2D eigenvalue weighted by Gasteiger charge is -2.44. The summed E-state index contributed by atoms with van der Waals surface area (Å²) in [6, 6.07) is 2.24. The number of aryl methyl sites for hydroxylation is 1. The van der Waals surface area contributed by atoms with Gasteiger partial charge in [-0.25, -0.2) is 9.78 Å². The van der Waals surface area contributed by atoms with Gasteiger partial charge in [0.2, 0.25) is 0 Å². The molecule has 0 radical (unpaired) electrons. The van der Waals surface area contributed by atoms with Crippen LogP contribution in [0.1, 0.15) is 32.4 Å². The molecule has 0 bridgehead atoms. The molecule has 0 saturated carbocycles. The van der Waals surface area contributed by atoms with E-state index in [0.29, 0.717) is 18.1 Å². The van der Waals surface area contributed by atoms with Gasteiger partial charge in [0, 0.05) is 12.6 Å². The quantitative estimate of drug-likeness (QED) is 0.679. The number of nitrogens with zero attached hydrogens (tertiary/aromatic N) is 3. The van der Waals surface area contributed by atoms with E-state index in [1.54, 1.807) is 11.8 Å². The van der Waals surface area contributed by atoms with E-state index in [1.807, 2.05) is 13.8 Å². The van der Waals surface area contributed by atoms with Crippen LogP contribution in [0.4, 0.5) is 11.5 Å². The fraction of sp³-hybridized carbons (Fsp3) is 0.571. The van der Waals surface area contributed by atoms with Gasteiger partial charge in [-0.3, -0.25) is 10.1 Å². The van der Waals surface area contributed by atoms with Crippen molar-refractivity contribution in [2.45, 2.75) is 39.7 Å². The van der Waals surface area contributed by atoms with E-state index in [9.17, 15) is 20.0 Å². The topological polar surface area (TPSA) is 96.6 Å². The molecule has 0 aliphatic carbocycles. The lowest BCUT2D eigenvalue weighted by molar-refractivity contribution is -0.385. The molecule has 7 heteroatoms. The summed E-state index contributed by atoms with van der Waals surface area (Å²) in [4.78, 5) is 28.0. The second-order valence-corrected chi connectivity index (χ2v) is 6.06. The maximum Gasteiger partial charge on any atom is 0.326 e. The Bertz CT molecular complexity index is 586. The summed E-state index contributed by atoms with van der Waals surface area (Å²) in [7, 11) is 0. The zero-order valence-electron chi connectivity index (χ0n) is 12.4. The summed E-state index contributed by atoms with van der Waals surface area (Å²) in [5, 5.41) is 20.4. The van der Waals surface area contributed by atoms with Crippen LogP contribution in [-0.4, -0.2) is 33.6 Å². The van der Waals surface area contributed by atoms with Crippen LogP contribution in [0.25, 0.3) is 0 Å². The number of pyridine rings is 1. The predicted molar refractivity (Wildman–Crippen MR) is 77.4 cm³/mol. The summed E-state index contributed by atoms with van der Waals surface area (Å²) >= 11 is 0. The van der Waals surface area contributed by atoms with E-state index in [2.05, 4.69) is 4.98 Å². The summed E-state index contributed by atoms with van der Waals surface area (Å²) in [5.41, 5.74) is -0.131. The number of carbonyl (C=O) groups is 1. The third kappa shape index (κ3) is 2.81. The molecule has 1 atom stereocenters. The molecule has 1 aromatic heterocycles. The van der Waals surface area contributed by atoms with Crippen molar-refractivity contribution in [3.8, 4) is 0 Å². The van der Waals surface area contributed by atoms with Gasteiger partial charge in [-0.1, -0.05) is 13.8 Å². The van der Waals surface area contributed by atoms with Gasteiger partial charge >= 0.3 is 5.97 Å². The first kappa shape index (κ1) is 15.2. The first-order chi connectivity index (χ1) is 9.74. The highest BCUT2D eigenvalue weighted by Crippen LogP contribution is 2.37. The zero-order chi connectivity index (χ0) is 15.8. The van der Waals surface area contributed by atoms with E-state index in [0.717, 1.165) is 12.8 Å². The molecule has 1 N–H and O–H groups in total. The smallest absolute Gasteiger partial charge is 0.326 e. The molecule has 1 aliphatic rings. The molecule has 0 amide bonds. The number of piperidine rings is 1. The molecule has 1 aliphatic heterocycles. The van der Waals surface area contributed by atoms with Crippen molar-refractivity contribution in [2.24, 2.45) is 5.41 Å². The van der Waals surface area contributed by atoms with Crippen LogP contribution < -0.4 is 4.90 Å². The first-order valence-corrected chi connectivity index (χ1v) is 6.85. The summed E-state index contributed by atoms with van der Waals surface area (Å²) in [5.74, 6) is -0.407. The number of carboxylic acids is 1. The predicted octanol–water partition coefficient (Wildman–Crippen LogP) is 2.38. The number of nitro groups is 1. The van der Waals surface area contributed by atoms with E-state index in [1.165, 1.54) is 12.1 Å². The molecule has 21 heavy (non-hydrogen) atoms. The number of anilines is 1. The zero-order valence-corrected chi connectivity index (χ0v) is 12.4. The van der Waals surface area contributed by atoms with E-state index >= 15 is 0 Å². The molecule has 0 spiro atoms. The minimum Gasteiger partial charge on any atom is -0.480 e. The van der Waals surface area contributed by atoms with Crippen LogP contribution in [0.3, 0.4) is 0 Å². The van der Waals surface area contributed by atoms with Crippen molar-refractivity contribution in [3.63, 3.8) is 0 Å². The van der Waals surface area contributed by atoms with Crippen molar-refractivity contribution in [1.29, 1.82) is 0 Å². The SMILES string of the molecule is Cc1nc(N2CCCC(C)(C)C2C(=O)O)ccc1[N+](=O)[O-]. The van der Waals surface area contributed by atoms with Crippen LogP contribution >= 0.6 is 0 Å². The minimum atomic E-state index is -0.891. The number of hydrogen-bond acceptors (Lipinski definition) is 5. The standard InChI is InChI=1S/C14H19N3O4/c1-9-10(17(20)21)5-6-11(15-9)16-8-4-7-14(2,3)12(16)13(18)19/h5-6,12H,4,7-8H2,1-3H3,(H,18,19). The molecule has 2 rings (SSSR count). The van der Waals surface area contributed by atoms with Gasteiger partial charge in [0.05, 0.1) is 4.92 Å². The number of aromatic nitrogens is 1. The molecule has 114 valence electrons. The largest absolute Gasteiger partial charge is 0.480 e. The van der Waals surface area contributed by atoms with Crippen molar-refractivity contribution < 1.29 is 14.8 Å². The number of carboxylic acid groups (broad SMARTS) is 1. The fourth-order valence-electron chi connectivity index (χ4n) is 3.00. The second-order valence-electron chi connectivity index (χ2n) is 6.06. The van der Waals surface area contributed by atoms with Gasteiger partial charge in [0.1, 0.15) is 17.6 Å². The van der Waals surface area contributed by atoms with E-state index in [4.69, 9.17) is 0 Å². The Kier molecular flexibility index (Phi) is 3.85. The van der Waals surface area contributed by atoms with Gasteiger partial charge in [0.15, 0.2) is 0 Å². The lowest BCUT2D eigenvalue weighted by atomic mass is 9.76. The van der Waals surface area contributed by atoms with Crippen LogP contribution in [0.15, 0.2) is 12.1 Å². The molecule has 0 aromatic carbocycles. The number of hydrogen-bond donors (Lipinski definition) is 1. The Morgan fingerprint density at radius 2 is 2.19 bits per heavy atom. The van der Waals surface area contributed by atoms with Gasteiger partial charge < -0.3 is 10.0 Å². The maximum atomic E-state index is 11.6. The summed E-state index contributed by atoms with van der Waals surface area (Å²) < 4.78 is 0. The fourth-order valence-corrected chi connectivity index (χ4v) is 3.00. The van der Waals surface area contributed by atoms with E-state index < -0.39 is 16.9 Å². The Morgan fingerprint density at radius 3 is 2.71 bits per heavy atom. The molecule has 1 saturated heterocycles. The third-order valence-corrected chi connectivity index (χ3v) is 4.04. The van der Waals surface area contributed by atoms with Crippen molar-refractivity contribution in [3.05, 3.63) is 27.9 Å². The Hall–Kier alpha value is -2.18. The maximum absolute atomic E-state index is 11.6. The monoisotopic (exact) mass is 293 g/mol. The second kappa shape index (κ2) is 5.31. The average molecular weight is 293 g/mol. The van der Waals surface area contributed by atoms with Crippen LogP contribution in [0.5, 0.6) is 0 Å². The van der Waals surface area contributed by atoms with Crippen molar-refractivity contribution in [2.75, 3.05) is 11.4 Å². The van der Waals surface area contributed by atoms with Crippen LogP contribution in [0, 0.1) is 22.5 Å².